The lowest BCUT2D eigenvalue weighted by Crippen LogP contribution is -2.23. The van der Waals surface area contributed by atoms with E-state index in [1.54, 1.807) is 11.9 Å². The normalized spacial score (nSPS) is 16.0. The molecule has 1 amide bonds. The van der Waals surface area contributed by atoms with Crippen LogP contribution >= 0.6 is 11.8 Å². The third kappa shape index (κ3) is 5.65. The van der Waals surface area contributed by atoms with E-state index in [9.17, 15) is 4.79 Å². The molecule has 3 aromatic carbocycles. The maximum absolute atomic E-state index is 12.8. The second-order valence-electron chi connectivity index (χ2n) is 7.62. The number of amides is 1. The second-order valence-corrected chi connectivity index (χ2v) is 8.63. The van der Waals surface area contributed by atoms with Gasteiger partial charge < -0.3 is 9.47 Å². The second kappa shape index (κ2) is 10.4. The van der Waals surface area contributed by atoms with E-state index in [1.807, 2.05) is 92.7 Å². The van der Waals surface area contributed by atoms with Crippen molar-refractivity contribution < 1.29 is 14.3 Å². The number of nitrogens with zero attached hydrogens (tertiary/aromatic N) is 2. The number of aryl methyl sites for hydroxylation is 1. The number of likely N-dealkylation sites (N-methyl/N-ethyl adjacent to an activating group) is 1. The van der Waals surface area contributed by atoms with Crippen LogP contribution in [0.4, 0.5) is 5.69 Å². The Morgan fingerprint density at radius 2 is 1.73 bits per heavy atom. The first-order valence-corrected chi connectivity index (χ1v) is 11.6. The molecule has 0 N–H and O–H groups in total. The minimum Gasteiger partial charge on any atom is -0.490 e. The number of hydrogen-bond acceptors (Lipinski definition) is 5. The van der Waals surface area contributed by atoms with Crippen molar-refractivity contribution in [3.8, 4) is 11.5 Å². The maximum Gasteiger partial charge on any atom is 0.266 e. The van der Waals surface area contributed by atoms with Crippen LogP contribution in [-0.2, 0) is 11.4 Å². The summed E-state index contributed by atoms with van der Waals surface area (Å²) in [6, 6.07) is 23.6. The molecule has 0 saturated carbocycles. The van der Waals surface area contributed by atoms with Gasteiger partial charge in [-0.15, -0.1) is 0 Å². The van der Waals surface area contributed by atoms with E-state index in [2.05, 4.69) is 4.99 Å². The van der Waals surface area contributed by atoms with E-state index in [-0.39, 0.29) is 5.91 Å². The van der Waals surface area contributed by atoms with E-state index in [0.717, 1.165) is 16.8 Å². The molecule has 0 aromatic heterocycles. The Hall–Kier alpha value is -3.51. The van der Waals surface area contributed by atoms with Crippen molar-refractivity contribution in [2.75, 3.05) is 13.7 Å². The number of hydrogen-bond donors (Lipinski definition) is 0. The minimum atomic E-state index is -0.0757. The number of aliphatic imine (C=N–C) groups is 1. The van der Waals surface area contributed by atoms with Crippen LogP contribution in [0.25, 0.3) is 6.08 Å². The Balaban J connectivity index is 1.54. The van der Waals surface area contributed by atoms with Gasteiger partial charge >= 0.3 is 0 Å². The largest absolute Gasteiger partial charge is 0.490 e. The highest BCUT2D eigenvalue weighted by Gasteiger charge is 2.30. The Morgan fingerprint density at radius 1 is 0.970 bits per heavy atom. The van der Waals surface area contributed by atoms with E-state index in [4.69, 9.17) is 9.47 Å². The molecule has 0 aliphatic carbocycles. The lowest BCUT2D eigenvalue weighted by Gasteiger charge is -2.13. The average Bonchev–Trinajstić information content (AvgIpc) is 3.08. The number of carbonyl (C=O) groups is 1. The van der Waals surface area contributed by atoms with Crippen LogP contribution in [0.15, 0.2) is 82.7 Å². The summed E-state index contributed by atoms with van der Waals surface area (Å²) in [6.45, 7) is 4.95. The molecule has 0 unspecified atom stereocenters. The monoisotopic (exact) mass is 458 g/mol. The first kappa shape index (κ1) is 22.7. The molecule has 1 fully saturated rings. The van der Waals surface area contributed by atoms with Gasteiger partial charge in [0.25, 0.3) is 5.91 Å². The minimum absolute atomic E-state index is 0.0757. The van der Waals surface area contributed by atoms with Crippen molar-refractivity contribution in [3.05, 3.63) is 94.4 Å². The van der Waals surface area contributed by atoms with Crippen molar-refractivity contribution in [1.29, 1.82) is 0 Å². The summed E-state index contributed by atoms with van der Waals surface area (Å²) in [4.78, 5) is 19.6. The highest BCUT2D eigenvalue weighted by molar-refractivity contribution is 8.18. The molecular formula is C27H26N2O3S. The van der Waals surface area contributed by atoms with Crippen LogP contribution in [0.5, 0.6) is 11.5 Å². The van der Waals surface area contributed by atoms with Gasteiger partial charge in [0.15, 0.2) is 16.7 Å². The smallest absolute Gasteiger partial charge is 0.266 e. The number of ether oxygens (including phenoxy) is 2. The fourth-order valence-electron chi connectivity index (χ4n) is 3.27. The van der Waals surface area contributed by atoms with Crippen LogP contribution in [0.1, 0.15) is 23.6 Å². The summed E-state index contributed by atoms with van der Waals surface area (Å²) >= 11 is 1.37. The number of amidine groups is 1. The topological polar surface area (TPSA) is 51.1 Å². The first-order chi connectivity index (χ1) is 16.0. The lowest BCUT2D eigenvalue weighted by molar-refractivity contribution is -0.121. The van der Waals surface area contributed by atoms with Gasteiger partial charge in [0, 0.05) is 7.05 Å². The van der Waals surface area contributed by atoms with Crippen molar-refractivity contribution in [2.45, 2.75) is 20.5 Å². The third-order valence-electron chi connectivity index (χ3n) is 5.06. The molecule has 1 aliphatic rings. The molecule has 0 spiro atoms. The van der Waals surface area contributed by atoms with Crippen molar-refractivity contribution in [3.63, 3.8) is 0 Å². The predicted molar refractivity (Wildman–Crippen MR) is 135 cm³/mol. The van der Waals surface area contributed by atoms with Gasteiger partial charge in [0.05, 0.1) is 17.2 Å². The van der Waals surface area contributed by atoms with Crippen LogP contribution in [-0.4, -0.2) is 29.6 Å². The zero-order chi connectivity index (χ0) is 23.2. The summed E-state index contributed by atoms with van der Waals surface area (Å²) < 4.78 is 11.8. The van der Waals surface area contributed by atoms with E-state index >= 15 is 0 Å². The molecule has 1 heterocycles. The fraction of sp³-hybridized carbons (Fsp3) is 0.185. The zero-order valence-corrected chi connectivity index (χ0v) is 19.8. The van der Waals surface area contributed by atoms with Crippen molar-refractivity contribution in [2.24, 2.45) is 4.99 Å². The van der Waals surface area contributed by atoms with Gasteiger partial charge in [-0.1, -0.05) is 54.1 Å². The van der Waals surface area contributed by atoms with Crippen LogP contribution in [0, 0.1) is 6.92 Å². The van der Waals surface area contributed by atoms with Gasteiger partial charge in [-0.2, -0.15) is 0 Å². The quantitative estimate of drug-likeness (QED) is 0.395. The number of carbonyl (C=O) groups excluding carboxylic acids is 1. The molecular weight excluding hydrogens is 432 g/mol. The predicted octanol–water partition coefficient (Wildman–Crippen LogP) is 6.21. The molecule has 0 bridgehead atoms. The summed E-state index contributed by atoms with van der Waals surface area (Å²) in [5.74, 6) is 1.25. The average molecular weight is 459 g/mol. The Labute approximate surface area is 198 Å². The van der Waals surface area contributed by atoms with E-state index < -0.39 is 0 Å². The lowest BCUT2D eigenvalue weighted by atomic mass is 10.1. The molecule has 5 nitrogen and oxygen atoms in total. The molecule has 0 atom stereocenters. The van der Waals surface area contributed by atoms with Gasteiger partial charge in [-0.3, -0.25) is 9.69 Å². The Kier molecular flexibility index (Phi) is 7.15. The van der Waals surface area contributed by atoms with Crippen LogP contribution in [0.3, 0.4) is 0 Å². The van der Waals surface area contributed by atoms with Gasteiger partial charge in [-0.05, 0) is 67.1 Å². The van der Waals surface area contributed by atoms with Crippen LogP contribution in [0.2, 0.25) is 0 Å². The molecule has 33 heavy (non-hydrogen) atoms. The molecule has 1 saturated heterocycles. The van der Waals surface area contributed by atoms with Gasteiger partial charge in [-0.25, -0.2) is 4.99 Å². The number of thioether (sulfide) groups is 1. The Bertz CT molecular complexity index is 1190. The number of benzene rings is 3. The van der Waals surface area contributed by atoms with Crippen molar-refractivity contribution in [1.82, 2.24) is 4.90 Å². The summed E-state index contributed by atoms with van der Waals surface area (Å²) in [5.41, 5.74) is 3.95. The molecule has 0 radical (unpaired) electrons. The molecule has 3 aromatic rings. The van der Waals surface area contributed by atoms with Gasteiger partial charge in [0.2, 0.25) is 0 Å². The Morgan fingerprint density at radius 3 is 2.45 bits per heavy atom. The fourth-order valence-corrected chi connectivity index (χ4v) is 4.26. The summed E-state index contributed by atoms with van der Waals surface area (Å²) in [6.07, 6.45) is 1.87. The van der Waals surface area contributed by atoms with E-state index in [1.165, 1.54) is 17.3 Å². The number of rotatable bonds is 7. The van der Waals surface area contributed by atoms with Crippen LogP contribution < -0.4 is 9.47 Å². The maximum atomic E-state index is 12.8. The molecule has 6 heteroatoms. The molecule has 4 rings (SSSR count). The first-order valence-electron chi connectivity index (χ1n) is 10.8. The highest BCUT2D eigenvalue weighted by Crippen LogP contribution is 2.35. The zero-order valence-electron chi connectivity index (χ0n) is 18.9. The van der Waals surface area contributed by atoms with Crippen molar-refractivity contribution >= 4 is 34.6 Å². The summed E-state index contributed by atoms with van der Waals surface area (Å²) in [7, 11) is 1.75. The summed E-state index contributed by atoms with van der Waals surface area (Å²) in [5, 5.41) is 0.656. The third-order valence-corrected chi connectivity index (χ3v) is 6.12. The molecule has 168 valence electrons. The van der Waals surface area contributed by atoms with Gasteiger partial charge in [0.1, 0.15) is 6.61 Å². The standard InChI is InChI=1S/C27H26N2O3S/c1-4-31-24-16-21(12-15-23(24)32-18-20-8-6-5-7-9-20)17-25-26(30)29(3)27(33-25)28-22-13-10-19(2)11-14-22/h5-17H,4,18H2,1-3H3/b25-17+,28-27?. The highest BCUT2D eigenvalue weighted by atomic mass is 32.2. The SMILES string of the molecule is CCOc1cc(/C=C2/SC(=Nc3ccc(C)cc3)N(C)C2=O)ccc1OCc1ccccc1. The molecule has 1 aliphatic heterocycles. The van der Waals surface area contributed by atoms with E-state index in [0.29, 0.717) is 34.8 Å².